The highest BCUT2D eigenvalue weighted by Crippen LogP contribution is 2.40. The van der Waals surface area contributed by atoms with E-state index in [4.69, 9.17) is 4.74 Å². The van der Waals surface area contributed by atoms with Crippen LogP contribution in [0.5, 0.6) is 5.75 Å². The third kappa shape index (κ3) is 2.88. The van der Waals surface area contributed by atoms with Gasteiger partial charge in [-0.3, -0.25) is 19.4 Å². The van der Waals surface area contributed by atoms with Crippen LogP contribution in [0.25, 0.3) is 0 Å². The number of thioether (sulfide) groups is 1. The molecule has 1 amide bonds. The van der Waals surface area contributed by atoms with Gasteiger partial charge in [0.1, 0.15) is 11.6 Å². The van der Waals surface area contributed by atoms with E-state index in [1.54, 1.807) is 11.8 Å². The van der Waals surface area contributed by atoms with E-state index in [-0.39, 0.29) is 22.8 Å². The quantitative estimate of drug-likeness (QED) is 0.905. The number of rotatable bonds is 3. The minimum Gasteiger partial charge on any atom is -0.497 e. The number of amides is 1. The number of fused-ring (bicyclic) bond motifs is 1. The lowest BCUT2D eigenvalue weighted by atomic mass is 10.1. The summed E-state index contributed by atoms with van der Waals surface area (Å²) in [7, 11) is 1.61. The van der Waals surface area contributed by atoms with Crippen LogP contribution in [-0.4, -0.2) is 28.6 Å². The fourth-order valence-electron chi connectivity index (χ4n) is 2.67. The van der Waals surface area contributed by atoms with Crippen LogP contribution >= 0.6 is 11.8 Å². The number of aromatic nitrogens is 2. The van der Waals surface area contributed by atoms with Crippen molar-refractivity contribution in [2.24, 2.45) is 0 Å². The Labute approximate surface area is 138 Å². The van der Waals surface area contributed by atoms with E-state index in [1.165, 1.54) is 11.8 Å². The third-order valence-electron chi connectivity index (χ3n) is 3.80. The van der Waals surface area contributed by atoms with Crippen LogP contribution in [0.15, 0.2) is 29.1 Å². The Balaban J connectivity index is 2.12. The van der Waals surface area contributed by atoms with Crippen molar-refractivity contribution >= 4 is 23.5 Å². The van der Waals surface area contributed by atoms with Crippen molar-refractivity contribution in [1.29, 1.82) is 0 Å². The lowest BCUT2D eigenvalue weighted by Crippen LogP contribution is -2.17. The van der Waals surface area contributed by atoms with Crippen molar-refractivity contribution in [1.82, 2.24) is 9.78 Å². The van der Waals surface area contributed by atoms with Gasteiger partial charge in [-0.15, -0.1) is 11.8 Å². The number of nitrogens with one attached hydrogen (secondary N) is 2. The first kappa shape index (κ1) is 15.7. The first-order valence-corrected chi connectivity index (χ1v) is 8.46. The van der Waals surface area contributed by atoms with Gasteiger partial charge in [0.15, 0.2) is 0 Å². The normalized spacial score (nSPS) is 17.6. The van der Waals surface area contributed by atoms with E-state index >= 15 is 0 Å². The maximum absolute atomic E-state index is 12.5. The zero-order valence-electron chi connectivity index (χ0n) is 13.3. The topological polar surface area (TPSA) is 76.1 Å². The number of ether oxygens (including phenoxy) is 1. The molecule has 122 valence electrons. The molecule has 1 aromatic carbocycles. The summed E-state index contributed by atoms with van der Waals surface area (Å²) in [5, 5.41) is 5.50. The van der Waals surface area contributed by atoms with Gasteiger partial charge in [0.25, 0.3) is 5.56 Å². The number of hydrogen-bond acceptors (Lipinski definition) is 4. The Morgan fingerprint density at radius 1 is 1.26 bits per heavy atom. The maximum Gasteiger partial charge on any atom is 0.270 e. The molecule has 1 aliphatic rings. The van der Waals surface area contributed by atoms with Crippen LogP contribution in [0, 0.1) is 0 Å². The third-order valence-corrected chi connectivity index (χ3v) is 5.07. The number of carbonyl (C=O) groups is 1. The molecule has 0 bridgehead atoms. The molecule has 23 heavy (non-hydrogen) atoms. The maximum atomic E-state index is 12.5. The van der Waals surface area contributed by atoms with Crippen LogP contribution in [0.3, 0.4) is 0 Å². The van der Waals surface area contributed by atoms with Gasteiger partial charge in [-0.25, -0.2) is 0 Å². The summed E-state index contributed by atoms with van der Waals surface area (Å²) in [5.41, 5.74) is 1.41. The molecule has 0 radical (unpaired) electrons. The summed E-state index contributed by atoms with van der Waals surface area (Å²) < 4.78 is 6.90. The summed E-state index contributed by atoms with van der Waals surface area (Å²) in [6.45, 7) is 3.92. The number of carbonyl (C=O) groups excluding carboxylic acids is 1. The second kappa shape index (κ2) is 6.16. The van der Waals surface area contributed by atoms with Gasteiger partial charge in [-0.2, -0.15) is 0 Å². The molecule has 7 heteroatoms. The van der Waals surface area contributed by atoms with Crippen LogP contribution in [0.2, 0.25) is 0 Å². The Morgan fingerprint density at radius 2 is 1.96 bits per heavy atom. The summed E-state index contributed by atoms with van der Waals surface area (Å²) in [6.07, 6.45) is 0. The molecular weight excluding hydrogens is 314 g/mol. The highest BCUT2D eigenvalue weighted by molar-refractivity contribution is 8.00. The molecule has 1 aliphatic heterocycles. The van der Waals surface area contributed by atoms with E-state index in [9.17, 15) is 9.59 Å². The molecule has 0 saturated heterocycles. The predicted molar refractivity (Wildman–Crippen MR) is 91.4 cm³/mol. The fourth-order valence-corrected chi connectivity index (χ4v) is 3.80. The van der Waals surface area contributed by atoms with Gasteiger partial charge in [-0.05, 0) is 31.5 Å². The molecule has 0 aliphatic carbocycles. The highest BCUT2D eigenvalue weighted by atomic mass is 32.2. The average Bonchev–Trinajstić information content (AvgIpc) is 2.75. The number of anilines is 1. The minimum absolute atomic E-state index is 0.0476. The van der Waals surface area contributed by atoms with Gasteiger partial charge >= 0.3 is 0 Å². The predicted octanol–water partition coefficient (Wildman–Crippen LogP) is 2.54. The number of methoxy groups -OCH3 is 1. The molecule has 0 fully saturated rings. The zero-order valence-corrected chi connectivity index (χ0v) is 14.1. The standard InChI is InChI=1S/C16H19N3O3S/c1-9(2)19-15-13(16(21)18-19)14(23-8-12(20)17-15)10-4-6-11(22-3)7-5-10/h4-7,9,14H,8H2,1-3H3,(H,17,20)(H,18,21)/t14-/m0/s1. The molecule has 2 N–H and O–H groups in total. The van der Waals surface area contributed by atoms with Crippen molar-refractivity contribution < 1.29 is 9.53 Å². The van der Waals surface area contributed by atoms with Crippen LogP contribution < -0.4 is 15.6 Å². The van der Waals surface area contributed by atoms with E-state index in [0.29, 0.717) is 17.1 Å². The summed E-state index contributed by atoms with van der Waals surface area (Å²) in [5.74, 6) is 1.54. The van der Waals surface area contributed by atoms with E-state index in [2.05, 4.69) is 10.4 Å². The van der Waals surface area contributed by atoms with Crippen molar-refractivity contribution in [3.05, 3.63) is 45.7 Å². The fraction of sp³-hybridized carbons (Fsp3) is 0.375. The smallest absolute Gasteiger partial charge is 0.270 e. The first-order valence-electron chi connectivity index (χ1n) is 7.41. The van der Waals surface area contributed by atoms with Crippen molar-refractivity contribution in [3.8, 4) is 5.75 Å². The second-order valence-corrected chi connectivity index (χ2v) is 6.77. The molecule has 2 heterocycles. The zero-order chi connectivity index (χ0) is 16.6. The Bertz CT molecular complexity index is 777. The largest absolute Gasteiger partial charge is 0.497 e. The van der Waals surface area contributed by atoms with Gasteiger partial charge in [0.05, 0.1) is 23.7 Å². The second-order valence-electron chi connectivity index (χ2n) is 5.68. The number of H-pyrrole nitrogens is 1. The molecule has 6 nitrogen and oxygen atoms in total. The number of hydrogen-bond donors (Lipinski definition) is 2. The Morgan fingerprint density at radius 3 is 2.57 bits per heavy atom. The lowest BCUT2D eigenvalue weighted by Gasteiger charge is -2.15. The lowest BCUT2D eigenvalue weighted by molar-refractivity contribution is -0.113. The first-order chi connectivity index (χ1) is 11.0. The number of benzene rings is 1. The van der Waals surface area contributed by atoms with E-state index < -0.39 is 0 Å². The van der Waals surface area contributed by atoms with Gasteiger partial charge in [0, 0.05) is 6.04 Å². The van der Waals surface area contributed by atoms with E-state index in [0.717, 1.165) is 11.3 Å². The monoisotopic (exact) mass is 333 g/mol. The summed E-state index contributed by atoms with van der Waals surface area (Å²) >= 11 is 1.45. The van der Waals surface area contributed by atoms with Crippen LogP contribution in [0.1, 0.15) is 36.3 Å². The summed E-state index contributed by atoms with van der Waals surface area (Å²) in [6, 6.07) is 7.64. The molecule has 1 aromatic heterocycles. The van der Waals surface area contributed by atoms with E-state index in [1.807, 2.05) is 38.1 Å². The Hall–Kier alpha value is -2.15. The van der Waals surface area contributed by atoms with Crippen LogP contribution in [0.4, 0.5) is 5.82 Å². The van der Waals surface area contributed by atoms with Crippen LogP contribution in [-0.2, 0) is 4.79 Å². The molecule has 0 unspecified atom stereocenters. The summed E-state index contributed by atoms with van der Waals surface area (Å²) in [4.78, 5) is 24.5. The molecule has 0 saturated carbocycles. The number of nitrogens with zero attached hydrogens (tertiary/aromatic N) is 1. The Kier molecular flexibility index (Phi) is 4.21. The van der Waals surface area contributed by atoms with Crippen molar-refractivity contribution in [2.45, 2.75) is 25.1 Å². The number of aromatic amines is 1. The average molecular weight is 333 g/mol. The van der Waals surface area contributed by atoms with Gasteiger partial charge < -0.3 is 10.1 Å². The molecule has 3 rings (SSSR count). The minimum atomic E-state index is -0.196. The van der Waals surface area contributed by atoms with Gasteiger partial charge in [-0.1, -0.05) is 12.1 Å². The van der Waals surface area contributed by atoms with Gasteiger partial charge in [0.2, 0.25) is 5.91 Å². The molecule has 1 atom stereocenters. The van der Waals surface area contributed by atoms with Crippen molar-refractivity contribution in [2.75, 3.05) is 18.2 Å². The SMILES string of the molecule is COc1ccc([C@@H]2SCC(=O)Nc3c2c(=O)[nH]n3C(C)C)cc1. The highest BCUT2D eigenvalue weighted by Gasteiger charge is 2.30. The molecular formula is C16H19N3O3S. The molecule has 0 spiro atoms. The van der Waals surface area contributed by atoms with Crippen molar-refractivity contribution in [3.63, 3.8) is 0 Å². The molecule has 2 aromatic rings.